The molecule has 1 fully saturated rings. The number of aryl methyl sites for hydroxylation is 2. The van der Waals surface area contributed by atoms with Crippen molar-refractivity contribution >= 4 is 28.3 Å². The number of likely N-dealkylation sites (tertiary alicyclic amines) is 1. The quantitative estimate of drug-likeness (QED) is 0.725. The highest BCUT2D eigenvalue weighted by Gasteiger charge is 2.26. The van der Waals surface area contributed by atoms with E-state index in [2.05, 4.69) is 22.6 Å². The van der Waals surface area contributed by atoms with E-state index in [1.807, 2.05) is 35.0 Å². The Kier molecular flexibility index (Phi) is 4.29. The Morgan fingerprint density at radius 2 is 2.24 bits per heavy atom. The molecule has 1 unspecified atom stereocenters. The fourth-order valence-corrected chi connectivity index (χ4v) is 4.34. The van der Waals surface area contributed by atoms with Crippen LogP contribution < -0.4 is 0 Å². The molecule has 1 amide bonds. The average Bonchev–Trinajstić information content (AvgIpc) is 3.23. The van der Waals surface area contributed by atoms with Crippen LogP contribution in [0.2, 0.25) is 0 Å². The van der Waals surface area contributed by atoms with Gasteiger partial charge in [-0.15, -0.1) is 0 Å². The Balaban J connectivity index is 1.52. The van der Waals surface area contributed by atoms with E-state index >= 15 is 0 Å². The summed E-state index contributed by atoms with van der Waals surface area (Å²) in [5.74, 6) is 0.528. The lowest BCUT2D eigenvalue weighted by Gasteiger charge is -2.32. The number of rotatable bonds is 3. The summed E-state index contributed by atoms with van der Waals surface area (Å²) in [4.78, 5) is 19.5. The summed E-state index contributed by atoms with van der Waals surface area (Å²) >= 11 is 1.64. The van der Waals surface area contributed by atoms with Gasteiger partial charge in [-0.05, 0) is 54.3 Å². The first-order valence-electron chi connectivity index (χ1n) is 8.71. The third-order valence-corrected chi connectivity index (χ3v) is 5.75. The van der Waals surface area contributed by atoms with Gasteiger partial charge in [0.15, 0.2) is 5.65 Å². The van der Waals surface area contributed by atoms with Crippen LogP contribution in [0.1, 0.15) is 35.7 Å². The average molecular weight is 354 g/mol. The fourth-order valence-electron chi connectivity index (χ4n) is 3.67. The molecule has 0 aromatic carbocycles. The zero-order valence-electron chi connectivity index (χ0n) is 14.6. The molecule has 6 heteroatoms. The predicted octanol–water partition coefficient (Wildman–Crippen LogP) is 3.29. The lowest BCUT2D eigenvalue weighted by Crippen LogP contribution is -2.40. The van der Waals surface area contributed by atoms with E-state index in [1.54, 1.807) is 11.3 Å². The molecule has 25 heavy (non-hydrogen) atoms. The summed E-state index contributed by atoms with van der Waals surface area (Å²) in [5.41, 5.74) is 4.12. The maximum absolute atomic E-state index is 12.6. The van der Waals surface area contributed by atoms with Gasteiger partial charge >= 0.3 is 0 Å². The van der Waals surface area contributed by atoms with Crippen molar-refractivity contribution in [1.82, 2.24) is 19.7 Å². The van der Waals surface area contributed by atoms with E-state index in [0.29, 0.717) is 12.3 Å². The number of aromatic nitrogens is 3. The minimum atomic E-state index is 0.223. The second-order valence-electron chi connectivity index (χ2n) is 6.80. The van der Waals surface area contributed by atoms with E-state index in [4.69, 9.17) is 4.98 Å². The number of amides is 1. The molecule has 0 radical (unpaired) electrons. The lowest BCUT2D eigenvalue weighted by molar-refractivity contribution is -0.131. The van der Waals surface area contributed by atoms with Crippen LogP contribution in [-0.2, 0) is 18.3 Å². The van der Waals surface area contributed by atoms with Crippen LogP contribution in [0.15, 0.2) is 29.0 Å². The standard InChI is InChI=1S/C19H22N4OS/c1-13-16-5-6-17(20-19(16)22(2)21-13)15-4-3-8-23(11-15)18(24)10-14-7-9-25-12-14/h5-7,9,12,15H,3-4,8,10-11H2,1-2H3. The molecular weight excluding hydrogens is 332 g/mol. The first-order chi connectivity index (χ1) is 12.1. The zero-order chi connectivity index (χ0) is 17.4. The summed E-state index contributed by atoms with van der Waals surface area (Å²) in [5, 5.41) is 9.64. The topological polar surface area (TPSA) is 51.0 Å². The molecule has 5 nitrogen and oxygen atoms in total. The van der Waals surface area contributed by atoms with E-state index in [-0.39, 0.29) is 5.91 Å². The van der Waals surface area contributed by atoms with Crippen LogP contribution in [0.5, 0.6) is 0 Å². The van der Waals surface area contributed by atoms with Crippen molar-refractivity contribution in [2.24, 2.45) is 7.05 Å². The van der Waals surface area contributed by atoms with Crippen LogP contribution in [0.3, 0.4) is 0 Å². The van der Waals surface area contributed by atoms with Crippen molar-refractivity contribution in [3.05, 3.63) is 45.9 Å². The van der Waals surface area contributed by atoms with Crippen molar-refractivity contribution in [1.29, 1.82) is 0 Å². The number of carbonyl (C=O) groups is 1. The Labute approximate surface area is 151 Å². The van der Waals surface area contributed by atoms with Gasteiger partial charge in [-0.1, -0.05) is 0 Å². The summed E-state index contributed by atoms with van der Waals surface area (Å²) < 4.78 is 1.84. The molecule has 4 heterocycles. The predicted molar refractivity (Wildman–Crippen MR) is 99.8 cm³/mol. The summed E-state index contributed by atoms with van der Waals surface area (Å²) in [6.07, 6.45) is 2.62. The monoisotopic (exact) mass is 354 g/mol. The van der Waals surface area contributed by atoms with Crippen LogP contribution in [0, 0.1) is 6.92 Å². The molecule has 0 N–H and O–H groups in total. The van der Waals surface area contributed by atoms with Crippen molar-refractivity contribution < 1.29 is 4.79 Å². The number of fused-ring (bicyclic) bond motifs is 1. The van der Waals surface area contributed by atoms with Crippen LogP contribution in [0.4, 0.5) is 0 Å². The summed E-state index contributed by atoms with van der Waals surface area (Å²) in [6, 6.07) is 6.25. The van der Waals surface area contributed by atoms with E-state index in [0.717, 1.165) is 53.9 Å². The van der Waals surface area contributed by atoms with Crippen LogP contribution in [0.25, 0.3) is 11.0 Å². The number of hydrogen-bond acceptors (Lipinski definition) is 4. The van der Waals surface area contributed by atoms with Crippen molar-refractivity contribution in [3.8, 4) is 0 Å². The van der Waals surface area contributed by atoms with Gasteiger partial charge in [0.05, 0.1) is 12.1 Å². The smallest absolute Gasteiger partial charge is 0.227 e. The second-order valence-corrected chi connectivity index (χ2v) is 7.58. The van der Waals surface area contributed by atoms with Crippen molar-refractivity contribution in [2.45, 2.75) is 32.1 Å². The summed E-state index contributed by atoms with van der Waals surface area (Å²) in [6.45, 7) is 3.62. The Morgan fingerprint density at radius 1 is 1.36 bits per heavy atom. The third-order valence-electron chi connectivity index (χ3n) is 5.02. The van der Waals surface area contributed by atoms with Crippen molar-refractivity contribution in [3.63, 3.8) is 0 Å². The van der Waals surface area contributed by atoms with Gasteiger partial charge in [0.25, 0.3) is 0 Å². The number of thiophene rings is 1. The van der Waals surface area contributed by atoms with E-state index < -0.39 is 0 Å². The van der Waals surface area contributed by atoms with Gasteiger partial charge in [0, 0.05) is 37.1 Å². The van der Waals surface area contributed by atoms with Gasteiger partial charge < -0.3 is 4.90 Å². The molecule has 4 rings (SSSR count). The number of piperidine rings is 1. The minimum Gasteiger partial charge on any atom is -0.342 e. The molecule has 1 aliphatic heterocycles. The maximum atomic E-state index is 12.6. The van der Waals surface area contributed by atoms with E-state index in [9.17, 15) is 4.79 Å². The molecule has 0 saturated carbocycles. The molecule has 0 spiro atoms. The van der Waals surface area contributed by atoms with Gasteiger partial charge in [0.1, 0.15) is 0 Å². The van der Waals surface area contributed by atoms with Gasteiger partial charge in [0.2, 0.25) is 5.91 Å². The molecular formula is C19H22N4OS. The van der Waals surface area contributed by atoms with Gasteiger partial charge in [-0.2, -0.15) is 16.4 Å². The summed E-state index contributed by atoms with van der Waals surface area (Å²) in [7, 11) is 1.93. The molecule has 0 bridgehead atoms. The number of pyridine rings is 1. The normalized spacial score (nSPS) is 18.0. The Hall–Kier alpha value is -2.21. The highest BCUT2D eigenvalue weighted by atomic mass is 32.1. The Morgan fingerprint density at radius 3 is 3.04 bits per heavy atom. The van der Waals surface area contributed by atoms with E-state index in [1.165, 1.54) is 0 Å². The molecule has 1 saturated heterocycles. The van der Waals surface area contributed by atoms with Gasteiger partial charge in [-0.3, -0.25) is 9.48 Å². The molecule has 3 aromatic rings. The van der Waals surface area contributed by atoms with Gasteiger partial charge in [-0.25, -0.2) is 4.98 Å². The first kappa shape index (κ1) is 16.3. The fraction of sp³-hybridized carbons (Fsp3) is 0.421. The molecule has 1 aliphatic rings. The van der Waals surface area contributed by atoms with Crippen LogP contribution >= 0.6 is 11.3 Å². The third kappa shape index (κ3) is 3.18. The molecule has 0 aliphatic carbocycles. The molecule has 130 valence electrons. The Bertz CT molecular complexity index is 900. The lowest BCUT2D eigenvalue weighted by atomic mass is 9.93. The molecule has 1 atom stereocenters. The SMILES string of the molecule is Cc1nn(C)c2nc(C3CCCN(C(=O)Cc4ccsc4)C3)ccc12. The first-order valence-corrected chi connectivity index (χ1v) is 9.65. The number of nitrogens with zero attached hydrogens (tertiary/aromatic N) is 4. The number of carbonyl (C=O) groups excluding carboxylic acids is 1. The van der Waals surface area contributed by atoms with Crippen molar-refractivity contribution in [2.75, 3.05) is 13.1 Å². The highest BCUT2D eigenvalue weighted by Crippen LogP contribution is 2.28. The maximum Gasteiger partial charge on any atom is 0.227 e. The molecule has 3 aromatic heterocycles. The minimum absolute atomic E-state index is 0.223. The zero-order valence-corrected chi connectivity index (χ0v) is 15.4. The largest absolute Gasteiger partial charge is 0.342 e. The van der Waals surface area contributed by atoms with Crippen LogP contribution in [-0.4, -0.2) is 38.7 Å². The number of hydrogen-bond donors (Lipinski definition) is 0. The second kappa shape index (κ2) is 6.59. The highest BCUT2D eigenvalue weighted by molar-refractivity contribution is 7.08.